The normalized spacial score (nSPS) is 20.9. The summed E-state index contributed by atoms with van der Waals surface area (Å²) in [7, 11) is -4.14. The highest BCUT2D eigenvalue weighted by Gasteiger charge is 2.27. The minimum Gasteiger partial charge on any atom is -0.373 e. The van der Waals surface area contributed by atoms with Gasteiger partial charge in [0, 0.05) is 6.42 Å². The van der Waals surface area contributed by atoms with Gasteiger partial charge in [0.1, 0.15) is 0 Å². The average Bonchev–Trinajstić information content (AvgIpc) is 2.87. The molecule has 2 N–H and O–H groups in total. The van der Waals surface area contributed by atoms with Gasteiger partial charge in [-0.1, -0.05) is 18.2 Å². The van der Waals surface area contributed by atoms with Crippen molar-refractivity contribution in [2.75, 3.05) is 6.61 Å². The summed E-state index contributed by atoms with van der Waals surface area (Å²) < 4.78 is 16.1. The third-order valence-electron chi connectivity index (χ3n) is 2.16. The summed E-state index contributed by atoms with van der Waals surface area (Å²) in [6, 6.07) is 6.61. The first-order valence-electron chi connectivity index (χ1n) is 4.33. The molecule has 14 heavy (non-hydrogen) atoms. The number of hydrogen-bond donors (Lipinski definition) is 2. The van der Waals surface area contributed by atoms with Crippen molar-refractivity contribution >= 4 is 12.9 Å². The second-order valence-electron chi connectivity index (χ2n) is 3.33. The molecule has 0 bridgehead atoms. The molecule has 1 saturated heterocycles. The first kappa shape index (κ1) is 9.87. The molecule has 1 aliphatic heterocycles. The van der Waals surface area contributed by atoms with Crippen LogP contribution in [0.2, 0.25) is 0 Å². The van der Waals surface area contributed by atoms with Gasteiger partial charge >= 0.3 is 7.60 Å². The zero-order valence-corrected chi connectivity index (χ0v) is 8.35. The number of benzene rings is 1. The van der Waals surface area contributed by atoms with Crippen LogP contribution in [0.5, 0.6) is 0 Å². The lowest BCUT2D eigenvalue weighted by atomic mass is 10.1. The molecule has 1 aromatic rings. The highest BCUT2D eigenvalue weighted by molar-refractivity contribution is 7.60. The molecule has 0 amide bonds. The minimum absolute atomic E-state index is 0.121. The van der Waals surface area contributed by atoms with Crippen molar-refractivity contribution in [2.24, 2.45) is 0 Å². The number of ether oxygens (including phenoxy) is 1. The number of epoxide rings is 1. The smallest absolute Gasteiger partial charge is 0.356 e. The van der Waals surface area contributed by atoms with E-state index < -0.39 is 7.60 Å². The van der Waals surface area contributed by atoms with Crippen LogP contribution in [0.3, 0.4) is 0 Å². The molecular formula is C9H11O4P. The van der Waals surface area contributed by atoms with Crippen LogP contribution in [0, 0.1) is 0 Å². The van der Waals surface area contributed by atoms with E-state index >= 15 is 0 Å². The van der Waals surface area contributed by atoms with Gasteiger partial charge in [0.2, 0.25) is 0 Å². The molecule has 1 aromatic carbocycles. The largest absolute Gasteiger partial charge is 0.373 e. The van der Waals surface area contributed by atoms with Crippen molar-refractivity contribution in [2.45, 2.75) is 12.5 Å². The second kappa shape index (κ2) is 3.48. The van der Waals surface area contributed by atoms with E-state index in [1.54, 1.807) is 18.2 Å². The van der Waals surface area contributed by atoms with Crippen LogP contribution in [-0.4, -0.2) is 22.5 Å². The summed E-state index contributed by atoms with van der Waals surface area (Å²) in [5, 5.41) is 0.121. The lowest BCUT2D eigenvalue weighted by molar-refractivity contribution is 0.386. The van der Waals surface area contributed by atoms with Crippen LogP contribution < -0.4 is 5.30 Å². The molecule has 2 rings (SSSR count). The molecule has 76 valence electrons. The predicted octanol–water partition coefficient (Wildman–Crippen LogP) is 0.431. The van der Waals surface area contributed by atoms with Crippen molar-refractivity contribution < 1.29 is 19.1 Å². The minimum atomic E-state index is -4.14. The van der Waals surface area contributed by atoms with Crippen molar-refractivity contribution in [3.8, 4) is 0 Å². The molecule has 0 radical (unpaired) electrons. The van der Waals surface area contributed by atoms with Crippen molar-refractivity contribution in [1.82, 2.24) is 0 Å². The van der Waals surface area contributed by atoms with E-state index in [1.807, 2.05) is 0 Å². The fraction of sp³-hybridized carbons (Fsp3) is 0.333. The molecule has 4 nitrogen and oxygen atoms in total. The Morgan fingerprint density at radius 1 is 1.43 bits per heavy atom. The number of hydrogen-bond acceptors (Lipinski definition) is 2. The molecule has 1 atom stereocenters. The van der Waals surface area contributed by atoms with Crippen LogP contribution in [0.1, 0.15) is 5.56 Å². The Labute approximate surface area is 81.7 Å². The Morgan fingerprint density at radius 2 is 2.07 bits per heavy atom. The van der Waals surface area contributed by atoms with Gasteiger partial charge < -0.3 is 14.5 Å². The van der Waals surface area contributed by atoms with Gasteiger partial charge in [-0.3, -0.25) is 4.57 Å². The first-order valence-corrected chi connectivity index (χ1v) is 5.94. The molecule has 1 fully saturated rings. The second-order valence-corrected chi connectivity index (χ2v) is 4.90. The summed E-state index contributed by atoms with van der Waals surface area (Å²) in [6.45, 7) is 0.690. The van der Waals surface area contributed by atoms with Gasteiger partial charge in [-0.2, -0.15) is 0 Å². The van der Waals surface area contributed by atoms with Gasteiger partial charge in [0.05, 0.1) is 18.0 Å². The Kier molecular flexibility index (Phi) is 2.45. The fourth-order valence-corrected chi connectivity index (χ4v) is 2.22. The van der Waals surface area contributed by atoms with E-state index in [1.165, 1.54) is 6.07 Å². The fourth-order valence-electron chi connectivity index (χ4n) is 1.40. The molecule has 0 aromatic heterocycles. The van der Waals surface area contributed by atoms with Crippen molar-refractivity contribution in [3.05, 3.63) is 29.8 Å². The molecule has 1 aliphatic rings. The highest BCUT2D eigenvalue weighted by atomic mass is 31.2. The third-order valence-corrected chi connectivity index (χ3v) is 3.22. The molecule has 1 unspecified atom stereocenters. The van der Waals surface area contributed by atoms with E-state index in [4.69, 9.17) is 14.5 Å². The molecule has 0 spiro atoms. The van der Waals surface area contributed by atoms with E-state index in [-0.39, 0.29) is 11.4 Å². The Morgan fingerprint density at radius 3 is 2.64 bits per heavy atom. The molecule has 0 aliphatic carbocycles. The van der Waals surface area contributed by atoms with Gasteiger partial charge in [0.25, 0.3) is 0 Å². The Hall–Kier alpha value is -0.670. The van der Waals surface area contributed by atoms with Crippen LogP contribution in [0.25, 0.3) is 0 Å². The molecule has 1 heterocycles. The zero-order chi connectivity index (χ0) is 10.2. The van der Waals surface area contributed by atoms with E-state index in [0.717, 1.165) is 0 Å². The van der Waals surface area contributed by atoms with Crippen molar-refractivity contribution in [1.29, 1.82) is 0 Å². The summed E-state index contributed by atoms with van der Waals surface area (Å²) in [4.78, 5) is 18.1. The quantitative estimate of drug-likeness (QED) is 0.565. The Balaban J connectivity index is 2.32. The van der Waals surface area contributed by atoms with Crippen LogP contribution in [0.4, 0.5) is 0 Å². The lowest BCUT2D eigenvalue weighted by Gasteiger charge is -2.09. The van der Waals surface area contributed by atoms with Gasteiger partial charge in [0.15, 0.2) is 0 Å². The molecule has 0 saturated carbocycles. The topological polar surface area (TPSA) is 70.1 Å². The van der Waals surface area contributed by atoms with Gasteiger partial charge in [-0.25, -0.2) is 0 Å². The highest BCUT2D eigenvalue weighted by Crippen LogP contribution is 2.35. The van der Waals surface area contributed by atoms with Gasteiger partial charge in [-0.15, -0.1) is 0 Å². The monoisotopic (exact) mass is 214 g/mol. The average molecular weight is 214 g/mol. The maximum Gasteiger partial charge on any atom is 0.356 e. The maximum absolute atomic E-state index is 11.1. The van der Waals surface area contributed by atoms with E-state index in [2.05, 4.69) is 0 Å². The first-order chi connectivity index (χ1) is 6.57. The maximum atomic E-state index is 11.1. The summed E-state index contributed by atoms with van der Waals surface area (Å²) in [5.74, 6) is 0. The van der Waals surface area contributed by atoms with Gasteiger partial charge in [-0.05, 0) is 11.6 Å². The third kappa shape index (κ3) is 2.22. The standard InChI is InChI=1S/C9H11O4P/c10-14(11,12)9-4-2-1-3-7(9)5-8-6-13-8/h1-4,8H,5-6H2,(H2,10,11,12). The van der Waals surface area contributed by atoms with E-state index in [9.17, 15) is 4.57 Å². The van der Waals surface area contributed by atoms with E-state index in [0.29, 0.717) is 18.6 Å². The summed E-state index contributed by atoms with van der Waals surface area (Å²) in [5.41, 5.74) is 0.684. The zero-order valence-electron chi connectivity index (χ0n) is 7.46. The number of rotatable bonds is 3. The summed E-state index contributed by atoms with van der Waals surface area (Å²) in [6.07, 6.45) is 0.726. The van der Waals surface area contributed by atoms with Crippen LogP contribution >= 0.6 is 7.60 Å². The predicted molar refractivity (Wildman–Crippen MR) is 51.6 cm³/mol. The van der Waals surface area contributed by atoms with Crippen LogP contribution in [-0.2, 0) is 15.7 Å². The van der Waals surface area contributed by atoms with Crippen molar-refractivity contribution in [3.63, 3.8) is 0 Å². The Bertz CT molecular complexity index is 380. The molecule has 5 heteroatoms. The summed E-state index contributed by atoms with van der Waals surface area (Å²) >= 11 is 0. The lowest BCUT2D eigenvalue weighted by Crippen LogP contribution is -2.12. The SMILES string of the molecule is O=P(O)(O)c1ccccc1CC1CO1. The van der Waals surface area contributed by atoms with Crippen LogP contribution in [0.15, 0.2) is 24.3 Å². The molecular weight excluding hydrogens is 203 g/mol.